The highest BCUT2D eigenvalue weighted by Crippen LogP contribution is 2.31. The first kappa shape index (κ1) is 15.6. The van der Waals surface area contributed by atoms with Crippen LogP contribution in [0.15, 0.2) is 59.2 Å². The number of halogens is 1. The van der Waals surface area contributed by atoms with Crippen LogP contribution in [0.3, 0.4) is 0 Å². The molecule has 5 nitrogen and oxygen atoms in total. The molecule has 1 aliphatic rings. The number of hydrogen-bond donors (Lipinski definition) is 1. The van der Waals surface area contributed by atoms with Gasteiger partial charge in [0.25, 0.3) is 5.91 Å². The molecule has 1 aliphatic heterocycles. The van der Waals surface area contributed by atoms with Crippen LogP contribution in [0.1, 0.15) is 16.1 Å². The molecule has 0 radical (unpaired) electrons. The zero-order chi connectivity index (χ0) is 17.6. The number of amides is 1. The van der Waals surface area contributed by atoms with Crippen molar-refractivity contribution in [1.29, 1.82) is 0 Å². The summed E-state index contributed by atoms with van der Waals surface area (Å²) in [6.07, 6.45) is 1.95. The third kappa shape index (κ3) is 2.64. The Morgan fingerprint density at radius 1 is 1.08 bits per heavy atom. The first-order valence-corrected chi connectivity index (χ1v) is 8.42. The molecule has 0 saturated heterocycles. The lowest BCUT2D eigenvalue weighted by atomic mass is 10.1. The summed E-state index contributed by atoms with van der Waals surface area (Å²) < 4.78 is 2.86. The molecule has 0 saturated carbocycles. The smallest absolute Gasteiger partial charge is 0.289 e. The van der Waals surface area contributed by atoms with Crippen molar-refractivity contribution in [2.45, 2.75) is 6.54 Å². The van der Waals surface area contributed by atoms with Crippen LogP contribution in [0.2, 0.25) is 0 Å². The van der Waals surface area contributed by atoms with E-state index in [1.54, 1.807) is 12.1 Å². The summed E-state index contributed by atoms with van der Waals surface area (Å²) >= 11 is 3.47. The number of hydrazine groups is 1. The molecule has 0 unspecified atom stereocenters. The van der Waals surface area contributed by atoms with Gasteiger partial charge in [-0.3, -0.25) is 4.79 Å². The van der Waals surface area contributed by atoms with Gasteiger partial charge in [-0.2, -0.15) is 0 Å². The molecule has 3 aromatic rings. The molecule has 0 fully saturated rings. The van der Waals surface area contributed by atoms with Crippen LogP contribution in [-0.4, -0.2) is 10.5 Å². The van der Waals surface area contributed by atoms with Crippen molar-refractivity contribution in [3.05, 3.63) is 81.9 Å². The van der Waals surface area contributed by atoms with Crippen molar-refractivity contribution >= 4 is 33.2 Å². The molecule has 0 aliphatic carbocycles. The van der Waals surface area contributed by atoms with Gasteiger partial charge in [0.2, 0.25) is 0 Å². The SMILES string of the molecule is [C-]#[N+]c1ccc(-c2cc3n(c2)Cc2cc(Br)ccc2N(N)C3=O)cc1. The average Bonchev–Trinajstić information content (AvgIpc) is 3.01. The van der Waals surface area contributed by atoms with Crippen LogP contribution >= 0.6 is 15.9 Å². The van der Waals surface area contributed by atoms with Crippen molar-refractivity contribution in [1.82, 2.24) is 4.57 Å². The molecule has 4 rings (SSSR count). The summed E-state index contributed by atoms with van der Waals surface area (Å²) in [5.74, 6) is 5.82. The lowest BCUT2D eigenvalue weighted by molar-refractivity contribution is 0.0980. The van der Waals surface area contributed by atoms with Crippen LogP contribution in [0.4, 0.5) is 11.4 Å². The monoisotopic (exact) mass is 392 g/mol. The van der Waals surface area contributed by atoms with E-state index in [0.29, 0.717) is 23.6 Å². The normalized spacial score (nSPS) is 13.0. The fraction of sp³-hybridized carbons (Fsp3) is 0.0526. The molecule has 1 amide bonds. The van der Waals surface area contributed by atoms with E-state index in [1.165, 1.54) is 5.01 Å². The van der Waals surface area contributed by atoms with E-state index in [-0.39, 0.29) is 5.91 Å². The number of fused-ring (bicyclic) bond motifs is 2. The van der Waals surface area contributed by atoms with E-state index >= 15 is 0 Å². The number of carbonyl (C=O) groups excluding carboxylic acids is 1. The van der Waals surface area contributed by atoms with Gasteiger partial charge in [0.1, 0.15) is 5.69 Å². The standard InChI is InChI=1S/C19H13BrN4O/c1-22-16-5-2-12(3-6-16)13-9-18-19(25)24(21)17-7-4-15(20)8-14(17)11-23(18)10-13/h2-10H,11,21H2. The number of hydrogen-bond acceptors (Lipinski definition) is 2. The van der Waals surface area contributed by atoms with E-state index < -0.39 is 0 Å². The second-order valence-corrected chi connectivity index (χ2v) is 6.76. The van der Waals surface area contributed by atoms with Crippen LogP contribution < -0.4 is 10.9 Å². The minimum Gasteiger partial charge on any atom is -0.338 e. The molecular weight excluding hydrogens is 380 g/mol. The minimum atomic E-state index is -0.245. The summed E-state index contributed by atoms with van der Waals surface area (Å²) in [5, 5.41) is 1.20. The molecule has 1 aromatic heterocycles. The number of carbonyl (C=O) groups is 1. The fourth-order valence-electron chi connectivity index (χ4n) is 3.04. The summed E-state index contributed by atoms with van der Waals surface area (Å²) in [7, 11) is 0. The Balaban J connectivity index is 1.81. The van der Waals surface area contributed by atoms with Crippen LogP contribution in [-0.2, 0) is 6.54 Å². The molecule has 0 spiro atoms. The lowest BCUT2D eigenvalue weighted by Gasteiger charge is -2.16. The van der Waals surface area contributed by atoms with Crippen molar-refractivity contribution in [3.8, 4) is 11.1 Å². The number of rotatable bonds is 1. The van der Waals surface area contributed by atoms with Gasteiger partial charge in [-0.25, -0.2) is 15.7 Å². The zero-order valence-corrected chi connectivity index (χ0v) is 14.7. The minimum absolute atomic E-state index is 0.245. The van der Waals surface area contributed by atoms with Gasteiger partial charge in [0.05, 0.1) is 12.3 Å². The first-order valence-electron chi connectivity index (χ1n) is 7.62. The summed E-state index contributed by atoms with van der Waals surface area (Å²) in [6.45, 7) is 7.60. The number of anilines is 1. The van der Waals surface area contributed by atoms with E-state index in [1.807, 2.05) is 47.2 Å². The predicted molar refractivity (Wildman–Crippen MR) is 100 cm³/mol. The first-order chi connectivity index (χ1) is 12.1. The largest absolute Gasteiger partial charge is 0.338 e. The molecule has 25 heavy (non-hydrogen) atoms. The molecule has 0 atom stereocenters. The molecule has 2 heterocycles. The van der Waals surface area contributed by atoms with Crippen molar-refractivity contribution < 1.29 is 4.79 Å². The number of nitrogens with two attached hydrogens (primary N) is 1. The maximum absolute atomic E-state index is 12.8. The second-order valence-electron chi connectivity index (χ2n) is 5.85. The second kappa shape index (κ2) is 5.88. The molecule has 2 N–H and O–H groups in total. The van der Waals surface area contributed by atoms with E-state index in [0.717, 1.165) is 21.2 Å². The number of aromatic nitrogens is 1. The highest BCUT2D eigenvalue weighted by Gasteiger charge is 2.26. The van der Waals surface area contributed by atoms with E-state index in [9.17, 15) is 4.79 Å². The van der Waals surface area contributed by atoms with E-state index in [4.69, 9.17) is 12.4 Å². The average molecular weight is 393 g/mol. The third-order valence-electron chi connectivity index (χ3n) is 4.31. The zero-order valence-electron chi connectivity index (χ0n) is 13.1. The van der Waals surface area contributed by atoms with Gasteiger partial charge in [-0.15, -0.1) is 0 Å². The highest BCUT2D eigenvalue weighted by molar-refractivity contribution is 9.10. The number of nitrogens with zero attached hydrogens (tertiary/aromatic N) is 3. The molecule has 0 bridgehead atoms. The van der Waals surface area contributed by atoms with Gasteiger partial charge in [-0.05, 0) is 35.4 Å². The maximum Gasteiger partial charge on any atom is 0.289 e. The Morgan fingerprint density at radius 3 is 2.56 bits per heavy atom. The lowest BCUT2D eigenvalue weighted by Crippen LogP contribution is -2.37. The van der Waals surface area contributed by atoms with Crippen molar-refractivity contribution in [2.75, 3.05) is 5.01 Å². The summed E-state index contributed by atoms with van der Waals surface area (Å²) in [4.78, 5) is 16.2. The Morgan fingerprint density at radius 2 is 1.84 bits per heavy atom. The summed E-state index contributed by atoms with van der Waals surface area (Å²) in [6, 6.07) is 14.8. The van der Waals surface area contributed by atoms with Crippen molar-refractivity contribution in [2.24, 2.45) is 5.84 Å². The summed E-state index contributed by atoms with van der Waals surface area (Å²) in [5.41, 5.74) is 4.69. The van der Waals surface area contributed by atoms with Gasteiger partial charge in [0, 0.05) is 22.8 Å². The fourth-order valence-corrected chi connectivity index (χ4v) is 3.45. The van der Waals surface area contributed by atoms with Gasteiger partial charge < -0.3 is 4.57 Å². The Bertz CT molecular complexity index is 1030. The van der Waals surface area contributed by atoms with Gasteiger partial charge in [-0.1, -0.05) is 40.2 Å². The van der Waals surface area contributed by atoms with E-state index in [2.05, 4.69) is 20.8 Å². The van der Waals surface area contributed by atoms with Gasteiger partial charge in [0.15, 0.2) is 5.69 Å². The highest BCUT2D eigenvalue weighted by atomic mass is 79.9. The molecular formula is C19H13BrN4O. The molecule has 122 valence electrons. The Hall–Kier alpha value is -2.88. The third-order valence-corrected chi connectivity index (χ3v) is 4.80. The molecule has 2 aromatic carbocycles. The van der Waals surface area contributed by atoms with Gasteiger partial charge >= 0.3 is 0 Å². The topological polar surface area (TPSA) is 55.6 Å². The molecule has 6 heteroatoms. The Kier molecular flexibility index (Phi) is 3.68. The van der Waals surface area contributed by atoms with Crippen LogP contribution in [0.5, 0.6) is 0 Å². The quantitative estimate of drug-likeness (QED) is 0.380. The van der Waals surface area contributed by atoms with Crippen LogP contribution in [0.25, 0.3) is 16.0 Å². The van der Waals surface area contributed by atoms with Crippen molar-refractivity contribution in [3.63, 3.8) is 0 Å². The maximum atomic E-state index is 12.8. The van der Waals surface area contributed by atoms with Crippen LogP contribution in [0, 0.1) is 6.57 Å². The predicted octanol–water partition coefficient (Wildman–Crippen LogP) is 4.35. The Labute approximate surface area is 153 Å². The number of benzene rings is 2.